The highest BCUT2D eigenvalue weighted by atomic mass is 127. The van der Waals surface area contributed by atoms with E-state index in [9.17, 15) is 4.79 Å². The molecule has 0 fully saturated rings. The molecule has 0 saturated carbocycles. The van der Waals surface area contributed by atoms with Gasteiger partial charge < -0.3 is 0 Å². The van der Waals surface area contributed by atoms with Crippen LogP contribution in [0.5, 0.6) is 0 Å². The number of benzene rings is 1. The molecule has 0 spiro atoms. The standard InChI is InChI=1S/C10H8ClIO/c11-9-4-7-3-8(13)2-1-6(7)5-10(9)12/h4-5H,1-3H2. The monoisotopic (exact) mass is 306 g/mol. The van der Waals surface area contributed by atoms with E-state index in [1.807, 2.05) is 6.07 Å². The second kappa shape index (κ2) is 3.58. The molecule has 0 heterocycles. The quantitative estimate of drug-likeness (QED) is 0.674. The molecule has 0 aliphatic heterocycles. The van der Waals surface area contributed by atoms with Gasteiger partial charge in [-0.1, -0.05) is 11.6 Å². The van der Waals surface area contributed by atoms with Crippen molar-refractivity contribution in [2.45, 2.75) is 19.3 Å². The molecular formula is C10H8ClIO. The number of hydrogen-bond donors (Lipinski definition) is 0. The number of carbonyl (C=O) groups is 1. The Morgan fingerprint density at radius 1 is 1.23 bits per heavy atom. The molecule has 0 unspecified atom stereocenters. The zero-order valence-electron chi connectivity index (χ0n) is 6.94. The van der Waals surface area contributed by atoms with E-state index in [1.54, 1.807) is 0 Å². The molecule has 1 nitrogen and oxygen atoms in total. The van der Waals surface area contributed by atoms with Gasteiger partial charge in [0.05, 0.1) is 5.02 Å². The molecule has 2 rings (SSSR count). The Morgan fingerprint density at radius 2 is 2.00 bits per heavy atom. The van der Waals surface area contributed by atoms with Crippen LogP contribution in [0.25, 0.3) is 0 Å². The molecule has 0 amide bonds. The number of ketones is 1. The average molecular weight is 307 g/mol. The normalized spacial score (nSPS) is 15.7. The highest BCUT2D eigenvalue weighted by Gasteiger charge is 2.16. The molecule has 0 saturated heterocycles. The first-order valence-electron chi connectivity index (χ1n) is 4.15. The number of hydrogen-bond acceptors (Lipinski definition) is 1. The molecule has 0 atom stereocenters. The SMILES string of the molecule is O=C1CCc2cc(I)c(Cl)cc2C1. The van der Waals surface area contributed by atoms with Gasteiger partial charge in [-0.25, -0.2) is 0 Å². The fraction of sp³-hybridized carbons (Fsp3) is 0.300. The minimum absolute atomic E-state index is 0.324. The molecule has 1 aromatic carbocycles. The molecule has 1 aromatic rings. The predicted octanol–water partition coefficient (Wildman–Crippen LogP) is 3.00. The summed E-state index contributed by atoms with van der Waals surface area (Å²) < 4.78 is 1.08. The van der Waals surface area contributed by atoms with Crippen LogP contribution in [0.2, 0.25) is 5.02 Å². The maximum Gasteiger partial charge on any atom is 0.137 e. The fourth-order valence-electron chi connectivity index (χ4n) is 1.60. The minimum Gasteiger partial charge on any atom is -0.299 e. The van der Waals surface area contributed by atoms with E-state index in [2.05, 4.69) is 28.7 Å². The van der Waals surface area contributed by atoms with Crippen LogP contribution in [0.3, 0.4) is 0 Å². The number of carbonyl (C=O) groups excluding carboxylic acids is 1. The van der Waals surface area contributed by atoms with Gasteiger partial charge in [0.2, 0.25) is 0 Å². The van der Waals surface area contributed by atoms with Crippen LogP contribution in [0.1, 0.15) is 17.5 Å². The van der Waals surface area contributed by atoms with Gasteiger partial charge in [0.15, 0.2) is 0 Å². The maximum absolute atomic E-state index is 11.2. The van der Waals surface area contributed by atoms with Crippen molar-refractivity contribution in [2.75, 3.05) is 0 Å². The summed E-state index contributed by atoms with van der Waals surface area (Å²) >= 11 is 8.19. The molecule has 68 valence electrons. The number of halogens is 2. The van der Waals surface area contributed by atoms with Crippen LogP contribution in [-0.4, -0.2) is 5.78 Å². The molecule has 0 radical (unpaired) electrons. The summed E-state index contributed by atoms with van der Waals surface area (Å²) in [6.07, 6.45) is 2.12. The number of fused-ring (bicyclic) bond motifs is 1. The molecule has 3 heteroatoms. The summed E-state index contributed by atoms with van der Waals surface area (Å²) in [6.45, 7) is 0. The lowest BCUT2D eigenvalue weighted by atomic mass is 9.91. The van der Waals surface area contributed by atoms with E-state index in [4.69, 9.17) is 11.6 Å². The van der Waals surface area contributed by atoms with Crippen molar-refractivity contribution in [3.05, 3.63) is 31.9 Å². The van der Waals surface area contributed by atoms with Crippen LogP contribution in [-0.2, 0) is 17.6 Å². The Bertz CT molecular complexity index is 373. The van der Waals surface area contributed by atoms with Crippen molar-refractivity contribution in [1.29, 1.82) is 0 Å². The smallest absolute Gasteiger partial charge is 0.137 e. The minimum atomic E-state index is 0.324. The van der Waals surface area contributed by atoms with Gasteiger partial charge in [-0.2, -0.15) is 0 Å². The van der Waals surface area contributed by atoms with Crippen LogP contribution < -0.4 is 0 Å². The molecule has 0 aromatic heterocycles. The van der Waals surface area contributed by atoms with Gasteiger partial charge in [0.25, 0.3) is 0 Å². The first kappa shape index (κ1) is 9.46. The number of Topliss-reactive ketones (excluding diaryl/α,β-unsaturated/α-hetero) is 1. The van der Waals surface area contributed by atoms with Crippen molar-refractivity contribution in [3.63, 3.8) is 0 Å². The number of aryl methyl sites for hydroxylation is 1. The van der Waals surface area contributed by atoms with Crippen LogP contribution in [0, 0.1) is 3.57 Å². The summed E-state index contributed by atoms with van der Waals surface area (Å²) in [5.41, 5.74) is 2.40. The topological polar surface area (TPSA) is 17.1 Å². The van der Waals surface area contributed by atoms with Gasteiger partial charge in [-0.3, -0.25) is 4.79 Å². The highest BCUT2D eigenvalue weighted by molar-refractivity contribution is 14.1. The lowest BCUT2D eigenvalue weighted by Crippen LogP contribution is -2.13. The van der Waals surface area contributed by atoms with E-state index in [1.165, 1.54) is 5.56 Å². The third kappa shape index (κ3) is 1.89. The van der Waals surface area contributed by atoms with Crippen LogP contribution >= 0.6 is 34.2 Å². The molecular weight excluding hydrogens is 298 g/mol. The summed E-state index contributed by atoms with van der Waals surface area (Å²) in [5.74, 6) is 0.324. The van der Waals surface area contributed by atoms with E-state index in [0.29, 0.717) is 18.6 Å². The maximum atomic E-state index is 11.2. The van der Waals surface area contributed by atoms with Gasteiger partial charge in [0, 0.05) is 16.4 Å². The molecule has 0 N–H and O–H groups in total. The molecule has 1 aliphatic rings. The van der Waals surface area contributed by atoms with Crippen LogP contribution in [0.4, 0.5) is 0 Å². The summed E-state index contributed by atoms with van der Waals surface area (Å²) in [7, 11) is 0. The van der Waals surface area contributed by atoms with E-state index in [-0.39, 0.29) is 0 Å². The third-order valence-electron chi connectivity index (χ3n) is 2.30. The fourth-order valence-corrected chi connectivity index (χ4v) is 2.32. The Balaban J connectivity index is 2.49. The number of rotatable bonds is 0. The summed E-state index contributed by atoms with van der Waals surface area (Å²) in [5, 5.41) is 0.758. The second-order valence-corrected chi connectivity index (χ2v) is 4.82. The lowest BCUT2D eigenvalue weighted by Gasteiger charge is -2.15. The largest absolute Gasteiger partial charge is 0.299 e. The first-order chi connectivity index (χ1) is 6.16. The zero-order valence-corrected chi connectivity index (χ0v) is 9.85. The Labute approximate surface area is 95.6 Å². The van der Waals surface area contributed by atoms with Gasteiger partial charge in [-0.05, 0) is 52.3 Å². The van der Waals surface area contributed by atoms with Crippen molar-refractivity contribution < 1.29 is 4.79 Å². The first-order valence-corrected chi connectivity index (χ1v) is 5.61. The van der Waals surface area contributed by atoms with Crippen molar-refractivity contribution in [3.8, 4) is 0 Å². The predicted molar refractivity (Wildman–Crippen MR) is 61.2 cm³/mol. The second-order valence-electron chi connectivity index (χ2n) is 3.25. The molecule has 0 bridgehead atoms. The Morgan fingerprint density at radius 3 is 2.77 bits per heavy atom. The average Bonchev–Trinajstić information content (AvgIpc) is 2.08. The summed E-state index contributed by atoms with van der Waals surface area (Å²) in [6, 6.07) is 4.01. The van der Waals surface area contributed by atoms with E-state index >= 15 is 0 Å². The van der Waals surface area contributed by atoms with E-state index in [0.717, 1.165) is 20.6 Å². The highest BCUT2D eigenvalue weighted by Crippen LogP contribution is 2.27. The van der Waals surface area contributed by atoms with Crippen molar-refractivity contribution in [2.24, 2.45) is 0 Å². The Hall–Kier alpha value is -0.0900. The zero-order chi connectivity index (χ0) is 9.42. The Kier molecular flexibility index (Phi) is 2.60. The van der Waals surface area contributed by atoms with Gasteiger partial charge in [-0.15, -0.1) is 0 Å². The van der Waals surface area contributed by atoms with Gasteiger partial charge >= 0.3 is 0 Å². The summed E-state index contributed by atoms with van der Waals surface area (Å²) in [4.78, 5) is 11.2. The third-order valence-corrected chi connectivity index (χ3v) is 3.83. The van der Waals surface area contributed by atoms with Crippen molar-refractivity contribution in [1.82, 2.24) is 0 Å². The van der Waals surface area contributed by atoms with Crippen LogP contribution in [0.15, 0.2) is 12.1 Å². The van der Waals surface area contributed by atoms with Gasteiger partial charge in [0.1, 0.15) is 5.78 Å². The molecule has 1 aliphatic carbocycles. The lowest BCUT2D eigenvalue weighted by molar-refractivity contribution is -0.118. The molecule has 13 heavy (non-hydrogen) atoms. The van der Waals surface area contributed by atoms with E-state index < -0.39 is 0 Å². The van der Waals surface area contributed by atoms with Crippen molar-refractivity contribution >= 4 is 40.0 Å².